The Morgan fingerprint density at radius 1 is 0.740 bits per heavy atom. The minimum Gasteiger partial charge on any atom is -0.748 e. The summed E-state index contributed by atoms with van der Waals surface area (Å²) in [5, 5.41) is 19.6. The molecule has 0 fully saturated rings. The molecule has 0 aromatic heterocycles. The van der Waals surface area contributed by atoms with Crippen molar-refractivity contribution in [1.29, 1.82) is 10.5 Å². The lowest BCUT2D eigenvalue weighted by atomic mass is 9.98. The molecule has 3 aromatic rings. The Labute approximate surface area is 294 Å². The molecule has 0 radical (unpaired) electrons. The first-order chi connectivity index (χ1) is 24.2. The molecule has 0 amide bonds. The van der Waals surface area contributed by atoms with Crippen LogP contribution in [0.2, 0.25) is 0 Å². The molecule has 0 saturated carbocycles. The minimum atomic E-state index is -4.43. The predicted octanol–water partition coefficient (Wildman–Crippen LogP) is 4.64. The van der Waals surface area contributed by atoms with E-state index in [1.165, 1.54) is 17.7 Å². The van der Waals surface area contributed by atoms with Gasteiger partial charge < -0.3 is 23.5 Å². The standard InChI is InChI=1S/C38H40N4O7S/c1-29(22-30-10-6-4-7-11-30)14-16-46-18-20-48-37-24-34(36(27-40)42-3)38(25-33(37)35(26-39)41-2)49-21-19-47-17-15-32(28-50(43,44)45)23-31-12-8-5-9-13-31/h4-13,24-25,29,32H,14-23,28H2,1H3,(H,43,44,45)/p-1/b35-33-,36-34+. The van der Waals surface area contributed by atoms with Gasteiger partial charge in [0.25, 0.3) is 11.4 Å². The van der Waals surface area contributed by atoms with Crippen molar-refractivity contribution in [2.75, 3.05) is 45.4 Å². The van der Waals surface area contributed by atoms with Crippen LogP contribution in [0.1, 0.15) is 30.9 Å². The summed E-state index contributed by atoms with van der Waals surface area (Å²) in [4.78, 5) is 6.62. The fourth-order valence-electron chi connectivity index (χ4n) is 5.22. The van der Waals surface area contributed by atoms with Crippen molar-refractivity contribution in [2.45, 2.75) is 32.6 Å². The SMILES string of the molecule is [C-]#[N+]/C(C#N)=c1/cc(OCCOCCC(Cc2ccccc2)CS(=O)(=O)[O-])/c(=C(\C#N)[N+]#[C-])cc1OCCOCCC(C)Cc1ccccc1. The van der Waals surface area contributed by atoms with Crippen LogP contribution in [-0.2, 0) is 32.4 Å². The van der Waals surface area contributed by atoms with Crippen molar-refractivity contribution >= 4 is 21.5 Å². The molecule has 0 N–H and O–H groups in total. The van der Waals surface area contributed by atoms with Gasteiger partial charge in [0, 0.05) is 29.4 Å². The summed E-state index contributed by atoms with van der Waals surface area (Å²) in [6.45, 7) is 18.2. The average molecular weight is 696 g/mol. The van der Waals surface area contributed by atoms with Gasteiger partial charge in [-0.3, -0.25) is 0 Å². The third-order valence-electron chi connectivity index (χ3n) is 7.66. The fraction of sp³-hybridized carbons (Fsp3) is 0.368. The maximum absolute atomic E-state index is 11.5. The topological polar surface area (TPSA) is 150 Å². The molecule has 0 aliphatic heterocycles. The Bertz CT molecular complexity index is 1910. The molecular weight excluding hydrogens is 657 g/mol. The normalized spacial score (nSPS) is 13.4. The second-order valence-corrected chi connectivity index (χ2v) is 13.0. The van der Waals surface area contributed by atoms with Gasteiger partial charge in [0.05, 0.1) is 48.6 Å². The third kappa shape index (κ3) is 13.7. The van der Waals surface area contributed by atoms with E-state index < -0.39 is 21.8 Å². The van der Waals surface area contributed by atoms with Crippen LogP contribution < -0.4 is 19.9 Å². The molecule has 0 aliphatic carbocycles. The number of hydrogen-bond acceptors (Lipinski definition) is 9. The van der Waals surface area contributed by atoms with E-state index in [1.807, 2.05) is 60.7 Å². The first-order valence-corrected chi connectivity index (χ1v) is 17.6. The second-order valence-electron chi connectivity index (χ2n) is 11.6. The van der Waals surface area contributed by atoms with Crippen LogP contribution in [0, 0.1) is 47.6 Å². The molecule has 50 heavy (non-hydrogen) atoms. The Morgan fingerprint density at radius 3 is 1.64 bits per heavy atom. The largest absolute Gasteiger partial charge is 0.748 e. The molecule has 0 bridgehead atoms. The summed E-state index contributed by atoms with van der Waals surface area (Å²) >= 11 is 0. The number of rotatable bonds is 20. The van der Waals surface area contributed by atoms with Gasteiger partial charge in [0.15, 0.2) is 0 Å². The molecule has 2 unspecified atom stereocenters. The van der Waals surface area contributed by atoms with E-state index in [4.69, 9.17) is 32.1 Å². The smallest absolute Gasteiger partial charge is 0.272 e. The number of nitriles is 2. The van der Waals surface area contributed by atoms with Crippen molar-refractivity contribution in [1.82, 2.24) is 0 Å². The molecule has 0 saturated heterocycles. The van der Waals surface area contributed by atoms with Crippen LogP contribution in [0.4, 0.5) is 0 Å². The monoisotopic (exact) mass is 695 g/mol. The van der Waals surface area contributed by atoms with E-state index >= 15 is 0 Å². The summed E-state index contributed by atoms with van der Waals surface area (Å²) < 4.78 is 57.6. The fourth-order valence-corrected chi connectivity index (χ4v) is 6.08. The summed E-state index contributed by atoms with van der Waals surface area (Å²) in [5.74, 6) is -0.306. The highest BCUT2D eigenvalue weighted by molar-refractivity contribution is 7.85. The zero-order valence-corrected chi connectivity index (χ0v) is 28.7. The van der Waals surface area contributed by atoms with E-state index in [1.54, 1.807) is 0 Å². The van der Waals surface area contributed by atoms with E-state index in [-0.39, 0.29) is 66.4 Å². The average Bonchev–Trinajstić information content (AvgIpc) is 3.10. The Hall–Kier alpha value is -5.21. The zero-order valence-electron chi connectivity index (χ0n) is 27.9. The molecule has 0 spiro atoms. The summed E-state index contributed by atoms with van der Waals surface area (Å²) in [6, 6.07) is 26.0. The molecular formula is C38H39N4O7S-. The van der Waals surface area contributed by atoms with Gasteiger partial charge in [0.2, 0.25) is 0 Å². The van der Waals surface area contributed by atoms with E-state index in [0.717, 1.165) is 18.4 Å². The minimum absolute atomic E-state index is 0.0248. The van der Waals surface area contributed by atoms with Crippen molar-refractivity contribution < 1.29 is 31.9 Å². The Balaban J connectivity index is 1.63. The van der Waals surface area contributed by atoms with Crippen LogP contribution in [-0.4, -0.2) is 58.4 Å². The van der Waals surface area contributed by atoms with Crippen LogP contribution >= 0.6 is 0 Å². The Kier molecular flexibility index (Phi) is 16.5. The highest BCUT2D eigenvalue weighted by atomic mass is 32.2. The van der Waals surface area contributed by atoms with Crippen molar-refractivity contribution in [3.63, 3.8) is 0 Å². The first kappa shape index (κ1) is 39.2. The maximum atomic E-state index is 11.5. The number of nitrogens with zero attached hydrogens (tertiary/aromatic N) is 4. The van der Waals surface area contributed by atoms with Gasteiger partial charge >= 0.3 is 0 Å². The van der Waals surface area contributed by atoms with E-state index in [0.29, 0.717) is 25.4 Å². The third-order valence-corrected chi connectivity index (χ3v) is 8.54. The molecule has 3 rings (SSSR count). The lowest BCUT2D eigenvalue weighted by molar-refractivity contribution is 0.0898. The molecule has 3 aromatic carbocycles. The van der Waals surface area contributed by atoms with Gasteiger partial charge in [-0.2, -0.15) is 0 Å². The van der Waals surface area contributed by atoms with Gasteiger partial charge in [-0.05, 0) is 60.8 Å². The molecule has 11 nitrogen and oxygen atoms in total. The van der Waals surface area contributed by atoms with Gasteiger partial charge in [0.1, 0.15) is 24.7 Å². The maximum Gasteiger partial charge on any atom is 0.272 e. The molecule has 2 atom stereocenters. The summed E-state index contributed by atoms with van der Waals surface area (Å²) in [6.07, 6.45) is 2.53. The van der Waals surface area contributed by atoms with Gasteiger partial charge in [-0.1, -0.05) is 67.6 Å². The van der Waals surface area contributed by atoms with Crippen LogP contribution in [0.5, 0.6) is 11.5 Å². The number of hydrogen-bond donors (Lipinski definition) is 0. The number of benzene rings is 3. The molecule has 0 aliphatic rings. The van der Waals surface area contributed by atoms with Crippen molar-refractivity contribution in [2.24, 2.45) is 11.8 Å². The van der Waals surface area contributed by atoms with E-state index in [2.05, 4.69) is 28.7 Å². The van der Waals surface area contributed by atoms with E-state index in [9.17, 15) is 23.5 Å². The molecule has 260 valence electrons. The van der Waals surface area contributed by atoms with Crippen molar-refractivity contribution in [3.05, 3.63) is 117 Å². The highest BCUT2D eigenvalue weighted by Gasteiger charge is 2.15. The zero-order chi connectivity index (χ0) is 36.2. The van der Waals surface area contributed by atoms with Crippen molar-refractivity contribution in [3.8, 4) is 23.6 Å². The molecule has 12 heteroatoms. The number of ether oxygens (including phenoxy) is 4. The Morgan fingerprint density at radius 2 is 1.20 bits per heavy atom. The first-order valence-electron chi connectivity index (χ1n) is 16.1. The van der Waals surface area contributed by atoms with Crippen LogP contribution in [0.3, 0.4) is 0 Å². The summed E-state index contributed by atoms with van der Waals surface area (Å²) in [7, 11) is -4.43. The lowest BCUT2D eigenvalue weighted by Crippen LogP contribution is -2.23. The predicted molar refractivity (Wildman–Crippen MR) is 186 cm³/mol. The van der Waals surface area contributed by atoms with Crippen LogP contribution in [0.25, 0.3) is 21.1 Å². The second kappa shape index (κ2) is 21.0. The van der Waals surface area contributed by atoms with Crippen LogP contribution in [0.15, 0.2) is 72.8 Å². The van der Waals surface area contributed by atoms with Gasteiger partial charge in [-0.25, -0.2) is 28.6 Å². The lowest BCUT2D eigenvalue weighted by Gasteiger charge is -2.19. The summed E-state index contributed by atoms with van der Waals surface area (Å²) in [5.41, 5.74) is 1.64. The quantitative estimate of drug-likeness (QED) is 0.0936. The molecule has 0 heterocycles. The van der Waals surface area contributed by atoms with Gasteiger partial charge in [-0.15, -0.1) is 0 Å². The highest BCUT2D eigenvalue weighted by Crippen LogP contribution is 2.16.